The van der Waals surface area contributed by atoms with E-state index in [4.69, 9.17) is 67.0 Å². The van der Waals surface area contributed by atoms with E-state index in [0.717, 1.165) is 6.33 Å². The lowest BCUT2D eigenvalue weighted by atomic mass is 10.0. The van der Waals surface area contributed by atoms with E-state index in [-0.39, 0.29) is 53.9 Å². The van der Waals surface area contributed by atoms with E-state index in [1.165, 1.54) is 21.8 Å². The lowest BCUT2D eigenvalue weighted by molar-refractivity contribution is -0.183. The van der Waals surface area contributed by atoms with Crippen LogP contribution in [0.25, 0.3) is 27.2 Å². The molecule has 5 aromatic rings. The molecular weight excluding hydrogens is 912 g/mol. The monoisotopic (exact) mass is 947 g/mol. The van der Waals surface area contributed by atoms with Crippen molar-refractivity contribution in [1.29, 1.82) is 0 Å². The number of fused-ring (bicyclic) bond motifs is 4. The molecule has 28 heteroatoms. The first-order valence-corrected chi connectivity index (χ1v) is 24.3. The second-order valence-electron chi connectivity index (χ2n) is 14.9. The zero-order valence-corrected chi connectivity index (χ0v) is 36.3. The number of nitrogens with zero attached hydrogens (tertiary/aromatic N) is 8. The van der Waals surface area contributed by atoms with Gasteiger partial charge in [-0.15, -0.1) is 0 Å². The molecule has 4 aliphatic rings. The highest BCUT2D eigenvalue weighted by molar-refractivity contribution is 8.07. The average Bonchev–Trinajstić information content (AvgIpc) is 4.08. The van der Waals surface area contributed by atoms with Crippen LogP contribution in [0.15, 0.2) is 54.1 Å². The van der Waals surface area contributed by atoms with Gasteiger partial charge in [0.1, 0.15) is 43.0 Å². The Hall–Kier alpha value is -4.58. The van der Waals surface area contributed by atoms with Gasteiger partial charge in [0, 0.05) is 11.5 Å². The average molecular weight is 948 g/mol. The fourth-order valence-electron chi connectivity index (χ4n) is 7.35. The molecule has 4 fully saturated rings. The first-order chi connectivity index (χ1) is 30.2. The number of imidazole rings is 2. The quantitative estimate of drug-likeness (QED) is 0.0940. The number of hydrogen-bond acceptors (Lipinski definition) is 18. The van der Waals surface area contributed by atoms with Gasteiger partial charge in [-0.1, -0.05) is 32.0 Å². The number of halogens is 1. The van der Waals surface area contributed by atoms with Crippen molar-refractivity contribution in [3.05, 3.63) is 76.6 Å². The summed E-state index contributed by atoms with van der Waals surface area (Å²) in [4.78, 5) is 77.5. The smallest absolute Gasteiger partial charge is 0.328 e. The fourth-order valence-corrected chi connectivity index (χ4v) is 10.9. The number of aromatic nitrogens is 8. The molecule has 4 bridgehead atoms. The predicted molar refractivity (Wildman–Crippen MR) is 223 cm³/mol. The Bertz CT molecular complexity index is 2800. The number of benzene rings is 1. The van der Waals surface area contributed by atoms with Gasteiger partial charge in [-0.25, -0.2) is 30.9 Å². The molecule has 9 rings (SSSR count). The summed E-state index contributed by atoms with van der Waals surface area (Å²) < 4.78 is 68.8. The van der Waals surface area contributed by atoms with Crippen molar-refractivity contribution in [2.75, 3.05) is 43.6 Å². The molecule has 0 saturated carbocycles. The molecule has 0 radical (unpaired) electrons. The van der Waals surface area contributed by atoms with Crippen molar-refractivity contribution < 1.29 is 55.7 Å². The Morgan fingerprint density at radius 3 is 2.57 bits per heavy atom. The molecule has 0 aliphatic carbocycles. The van der Waals surface area contributed by atoms with Crippen LogP contribution in [0.1, 0.15) is 36.7 Å². The molecule has 4 N–H and O–H groups in total. The van der Waals surface area contributed by atoms with Crippen LogP contribution in [-0.2, 0) is 65.2 Å². The van der Waals surface area contributed by atoms with E-state index in [0.29, 0.717) is 5.56 Å². The van der Waals surface area contributed by atoms with Gasteiger partial charge in [-0.2, -0.15) is 4.98 Å². The normalized spacial score (nSPS) is 31.8. The molecular formula is C35H36FN11O12P2S2. The van der Waals surface area contributed by atoms with Crippen LogP contribution in [0, 0.1) is 12.5 Å². The Labute approximate surface area is 365 Å². The number of alkyl halides is 1. The van der Waals surface area contributed by atoms with Crippen LogP contribution >= 0.6 is 13.4 Å². The third-order valence-electron chi connectivity index (χ3n) is 10.4. The Morgan fingerprint density at radius 2 is 1.81 bits per heavy atom. The summed E-state index contributed by atoms with van der Waals surface area (Å²) in [6, 6.07) is 8.52. The van der Waals surface area contributed by atoms with Gasteiger partial charge < -0.3 is 42.8 Å². The van der Waals surface area contributed by atoms with Crippen LogP contribution in [-0.4, -0.2) is 125 Å². The first kappa shape index (κ1) is 43.7. The zero-order chi connectivity index (χ0) is 44.3. The minimum Gasteiger partial charge on any atom is -0.367 e. The molecule has 63 heavy (non-hydrogen) atoms. The van der Waals surface area contributed by atoms with Crippen LogP contribution in [0.5, 0.6) is 0 Å². The van der Waals surface area contributed by atoms with Gasteiger partial charge in [-0.05, 0) is 35.7 Å². The summed E-state index contributed by atoms with van der Waals surface area (Å²) in [6.45, 7) is 0.470. The van der Waals surface area contributed by atoms with Crippen molar-refractivity contribution in [3.63, 3.8) is 0 Å². The van der Waals surface area contributed by atoms with Crippen molar-refractivity contribution in [3.8, 4) is 0 Å². The predicted octanol–water partition coefficient (Wildman–Crippen LogP) is 2.90. The van der Waals surface area contributed by atoms with Gasteiger partial charge in [-0.3, -0.25) is 42.9 Å². The third-order valence-corrected chi connectivity index (χ3v) is 14.3. The summed E-state index contributed by atoms with van der Waals surface area (Å²) in [5, 5.41) is 5.27. The number of hydrogen-bond donors (Lipinski definition) is 4. The van der Waals surface area contributed by atoms with E-state index < -0.39 is 98.6 Å². The maximum atomic E-state index is 16.7. The molecule has 1 aromatic carbocycles. The number of rotatable bonds is 9. The maximum Gasteiger partial charge on any atom is 0.328 e. The summed E-state index contributed by atoms with van der Waals surface area (Å²) in [6.07, 6.45) is -6.20. The molecule has 8 heterocycles. The van der Waals surface area contributed by atoms with E-state index in [9.17, 15) is 19.3 Å². The highest BCUT2D eigenvalue weighted by Gasteiger charge is 2.66. The van der Waals surface area contributed by atoms with Gasteiger partial charge in [0.15, 0.2) is 46.8 Å². The number of carbonyl (C=O) groups excluding carboxylic acids is 2. The van der Waals surface area contributed by atoms with Crippen molar-refractivity contribution in [2.45, 2.75) is 62.5 Å². The van der Waals surface area contributed by atoms with Gasteiger partial charge in [0.2, 0.25) is 18.4 Å². The zero-order valence-electron chi connectivity index (χ0n) is 32.9. The number of ether oxygens (including phenoxy) is 3. The number of nitrogens with one attached hydrogen (secondary N) is 3. The van der Waals surface area contributed by atoms with Gasteiger partial charge >= 0.3 is 13.4 Å². The molecule has 4 aromatic heterocycles. The Kier molecular flexibility index (Phi) is 11.8. The van der Waals surface area contributed by atoms with Crippen LogP contribution in [0.2, 0.25) is 0 Å². The third kappa shape index (κ3) is 8.34. The minimum atomic E-state index is -4.45. The molecule has 10 atom stereocenters. The number of amides is 2. The first-order valence-electron chi connectivity index (χ1n) is 19.2. The second-order valence-corrected chi connectivity index (χ2v) is 20.7. The lowest BCUT2D eigenvalue weighted by Crippen LogP contribution is -2.46. The topological polar surface area (TPSA) is 264 Å². The summed E-state index contributed by atoms with van der Waals surface area (Å²) in [5.41, 5.74) is -1.77. The van der Waals surface area contributed by atoms with Crippen LogP contribution < -0.4 is 16.2 Å². The van der Waals surface area contributed by atoms with Crippen molar-refractivity contribution in [2.24, 2.45) is 5.92 Å². The molecule has 4 aliphatic heterocycles. The van der Waals surface area contributed by atoms with E-state index in [1.54, 1.807) is 44.2 Å². The Morgan fingerprint density at radius 1 is 1.05 bits per heavy atom. The SMILES string of the molecule is [C-]#[N+]CCOP1(=S)OC[C@H]2O[C@@H](n3cnc4c(=O)[nH]c(NC(=O)C(C)C)nc43)[C@H](OP(O)(=S)OC[C@@]34CO[C@@H]([C@H](n5cnc6c(NC(=O)c7ccccc7)ncnc65)O3)[C@@H]4O1)[C@H]2F. The summed E-state index contributed by atoms with van der Waals surface area (Å²) >= 11 is 11.4. The van der Waals surface area contributed by atoms with Crippen molar-refractivity contribution >= 4 is 83.0 Å². The van der Waals surface area contributed by atoms with Gasteiger partial charge in [0.05, 0.1) is 32.5 Å². The summed E-state index contributed by atoms with van der Waals surface area (Å²) in [7, 11) is 0. The largest absolute Gasteiger partial charge is 0.367 e. The fraction of sp³-hybridized carbons (Fsp3) is 0.457. The lowest BCUT2D eigenvalue weighted by Gasteiger charge is -2.34. The molecule has 332 valence electrons. The number of carbonyl (C=O) groups is 2. The molecule has 23 nitrogen and oxygen atoms in total. The summed E-state index contributed by atoms with van der Waals surface area (Å²) in [5.74, 6) is -1.41. The molecule has 2 amide bonds. The van der Waals surface area contributed by atoms with Crippen LogP contribution in [0.3, 0.4) is 0 Å². The minimum absolute atomic E-state index is 0.122. The highest BCUT2D eigenvalue weighted by atomic mass is 32.5. The molecule has 0 spiro atoms. The maximum absolute atomic E-state index is 16.7. The molecule has 2 unspecified atom stereocenters. The standard InChI is InChI=1S/C35H36FN11O12P2S2/c1-17(2)29(48)44-34-43-28-22(31(50)45-34)41-16-47(28)32-23-20(36)19(56-32)11-54-61(63,53-10-9-37-3)59-25-24-33(57-35(25,12-52-24)13-55-60(51,62)58-23)46-15-40-21-26(38-14-39-27(21)46)42-30(49)18-7-5-4-6-8-18/h4-8,14-17,19-20,23-25,32-33H,9-13H2,1-2H3,(H,51,62)(H,38,39,42,49)(H2,43,44,45,48,50)/t19-,20+,23-,24-,25+,32-,33-,35-,60?,61?/m1/s1. The highest BCUT2D eigenvalue weighted by Crippen LogP contribution is 2.60. The van der Waals surface area contributed by atoms with Crippen LogP contribution in [0.4, 0.5) is 16.2 Å². The van der Waals surface area contributed by atoms with Gasteiger partial charge in [0.25, 0.3) is 11.5 Å². The second kappa shape index (κ2) is 17.1. The van der Waals surface area contributed by atoms with E-state index in [2.05, 4.69) is 45.4 Å². The number of H-pyrrole nitrogens is 1. The number of anilines is 2. The Balaban J connectivity index is 1.04. The van der Waals surface area contributed by atoms with E-state index >= 15 is 4.39 Å². The molecule has 4 saturated heterocycles. The number of aromatic amines is 1. The van der Waals surface area contributed by atoms with E-state index in [1.807, 2.05) is 0 Å². The van der Waals surface area contributed by atoms with Crippen molar-refractivity contribution in [1.82, 2.24) is 39.0 Å².